The first kappa shape index (κ1) is 14.2. The summed E-state index contributed by atoms with van der Waals surface area (Å²) in [4.78, 5) is 8.64. The smallest absolute Gasteiger partial charge is 0.254 e. The van der Waals surface area contributed by atoms with E-state index in [9.17, 15) is 0 Å². The van der Waals surface area contributed by atoms with Crippen LogP contribution in [0.4, 0.5) is 5.82 Å². The van der Waals surface area contributed by atoms with Crippen LogP contribution in [0.1, 0.15) is 50.0 Å². The normalized spacial score (nSPS) is 15.5. The quantitative estimate of drug-likeness (QED) is 0.784. The number of aryl methyl sites for hydroxylation is 1. The molecule has 23 heavy (non-hydrogen) atoms. The van der Waals surface area contributed by atoms with Crippen LogP contribution in [-0.4, -0.2) is 29.4 Å². The molecule has 1 aliphatic rings. The predicted molar refractivity (Wildman–Crippen MR) is 87.2 cm³/mol. The Morgan fingerprint density at radius 2 is 2.13 bits per heavy atom. The molecule has 3 aromatic rings. The summed E-state index contributed by atoms with van der Waals surface area (Å²) < 4.78 is 3.85. The number of fused-ring (bicyclic) bond motifs is 1. The topological polar surface area (TPSA) is 72.9 Å². The van der Waals surface area contributed by atoms with Crippen molar-refractivity contribution < 1.29 is 0 Å². The summed E-state index contributed by atoms with van der Waals surface area (Å²) in [7, 11) is 0. The first-order chi connectivity index (χ1) is 11.3. The highest BCUT2D eigenvalue weighted by molar-refractivity contribution is 5.45. The van der Waals surface area contributed by atoms with Gasteiger partial charge in [-0.05, 0) is 25.3 Å². The maximum Gasteiger partial charge on any atom is 0.254 e. The van der Waals surface area contributed by atoms with Gasteiger partial charge in [0.25, 0.3) is 5.78 Å². The molecule has 1 fully saturated rings. The van der Waals surface area contributed by atoms with E-state index >= 15 is 0 Å². The minimum Gasteiger partial charge on any atom is -0.364 e. The average molecular weight is 311 g/mol. The van der Waals surface area contributed by atoms with Gasteiger partial charge in [-0.25, -0.2) is 4.98 Å². The van der Waals surface area contributed by atoms with Crippen LogP contribution in [0.2, 0.25) is 0 Å². The Morgan fingerprint density at radius 3 is 2.96 bits per heavy atom. The molecule has 0 aromatic carbocycles. The molecule has 7 nitrogen and oxygen atoms in total. The zero-order valence-electron chi connectivity index (χ0n) is 13.3. The zero-order chi connectivity index (χ0) is 15.6. The average Bonchev–Trinajstić information content (AvgIpc) is 3.32. The number of rotatable bonds is 5. The fraction of sp³-hybridized carbons (Fsp3) is 0.500. The molecule has 1 N–H and O–H groups in total. The lowest BCUT2D eigenvalue weighted by molar-refractivity contribution is 0.463. The van der Waals surface area contributed by atoms with Gasteiger partial charge >= 0.3 is 0 Å². The summed E-state index contributed by atoms with van der Waals surface area (Å²) in [6.45, 7) is 2.75. The molecular formula is C16H21N7. The largest absolute Gasteiger partial charge is 0.364 e. The van der Waals surface area contributed by atoms with E-state index in [-0.39, 0.29) is 0 Å². The monoisotopic (exact) mass is 311 g/mol. The highest BCUT2D eigenvalue weighted by Crippen LogP contribution is 2.28. The Bertz CT molecular complexity index is 798. The molecule has 0 radical (unpaired) electrons. The number of hydrogen-bond donors (Lipinski definition) is 1. The van der Waals surface area contributed by atoms with Gasteiger partial charge in [0.1, 0.15) is 12.1 Å². The van der Waals surface area contributed by atoms with Crippen LogP contribution >= 0.6 is 0 Å². The Balaban J connectivity index is 1.51. The highest BCUT2D eigenvalue weighted by Gasteiger charge is 2.17. The van der Waals surface area contributed by atoms with E-state index in [1.54, 1.807) is 4.52 Å². The minimum atomic E-state index is 0.582. The molecule has 0 bridgehead atoms. The van der Waals surface area contributed by atoms with Gasteiger partial charge < -0.3 is 5.32 Å². The summed E-state index contributed by atoms with van der Waals surface area (Å²) in [5, 5.41) is 12.4. The standard InChI is InChI=1S/C16H21N7/c1-2-12-9-15(23-16(20-12)18-11-19-23)17-10-13-7-8-22(21-13)14-5-3-4-6-14/h7-9,11,14,17H,2-6,10H2,1H3. The molecule has 4 rings (SSSR count). The van der Waals surface area contributed by atoms with Crippen LogP contribution in [0.3, 0.4) is 0 Å². The van der Waals surface area contributed by atoms with Gasteiger partial charge in [-0.1, -0.05) is 19.8 Å². The third kappa shape index (κ3) is 2.78. The molecule has 0 atom stereocenters. The highest BCUT2D eigenvalue weighted by atomic mass is 15.4. The molecule has 3 aromatic heterocycles. The van der Waals surface area contributed by atoms with Crippen LogP contribution in [0.15, 0.2) is 24.7 Å². The first-order valence-corrected chi connectivity index (χ1v) is 8.31. The van der Waals surface area contributed by atoms with Gasteiger partial charge in [-0.2, -0.15) is 19.7 Å². The van der Waals surface area contributed by atoms with E-state index in [0.717, 1.165) is 23.6 Å². The zero-order valence-corrected chi connectivity index (χ0v) is 13.3. The van der Waals surface area contributed by atoms with Crippen molar-refractivity contribution in [3.05, 3.63) is 36.0 Å². The molecule has 0 aliphatic heterocycles. The molecule has 0 amide bonds. The number of nitrogens with one attached hydrogen (secondary N) is 1. The molecule has 1 aliphatic carbocycles. The number of aromatic nitrogens is 6. The van der Waals surface area contributed by atoms with E-state index in [1.165, 1.54) is 32.0 Å². The van der Waals surface area contributed by atoms with Gasteiger partial charge in [-0.3, -0.25) is 4.68 Å². The van der Waals surface area contributed by atoms with Crippen LogP contribution in [0.5, 0.6) is 0 Å². The second kappa shape index (κ2) is 5.98. The van der Waals surface area contributed by atoms with Crippen LogP contribution in [0, 0.1) is 0 Å². The van der Waals surface area contributed by atoms with Crippen molar-refractivity contribution in [3.63, 3.8) is 0 Å². The van der Waals surface area contributed by atoms with Gasteiger partial charge in [0.15, 0.2) is 0 Å². The third-order valence-electron chi connectivity index (χ3n) is 4.48. The summed E-state index contributed by atoms with van der Waals surface area (Å²) in [6.07, 6.45) is 9.63. The Morgan fingerprint density at radius 1 is 1.26 bits per heavy atom. The maximum absolute atomic E-state index is 4.71. The number of hydrogen-bond acceptors (Lipinski definition) is 5. The fourth-order valence-corrected chi connectivity index (χ4v) is 3.19. The summed E-state index contributed by atoms with van der Waals surface area (Å²) in [6, 6.07) is 4.69. The van der Waals surface area contributed by atoms with Crippen molar-refractivity contribution in [2.24, 2.45) is 0 Å². The lowest BCUT2D eigenvalue weighted by Gasteiger charge is -2.10. The van der Waals surface area contributed by atoms with Crippen molar-refractivity contribution in [1.29, 1.82) is 0 Å². The summed E-state index contributed by atoms with van der Waals surface area (Å²) in [5.74, 6) is 1.53. The van der Waals surface area contributed by atoms with Gasteiger partial charge in [-0.15, -0.1) is 0 Å². The van der Waals surface area contributed by atoms with E-state index < -0.39 is 0 Å². The second-order valence-electron chi connectivity index (χ2n) is 6.04. The maximum atomic E-state index is 4.71. The van der Waals surface area contributed by atoms with Crippen LogP contribution in [0.25, 0.3) is 5.78 Å². The summed E-state index contributed by atoms with van der Waals surface area (Å²) in [5.41, 5.74) is 2.05. The summed E-state index contributed by atoms with van der Waals surface area (Å²) >= 11 is 0. The van der Waals surface area contributed by atoms with E-state index in [0.29, 0.717) is 18.4 Å². The Hall–Kier alpha value is -2.44. The minimum absolute atomic E-state index is 0.582. The van der Waals surface area contributed by atoms with Crippen LogP contribution < -0.4 is 5.32 Å². The molecule has 0 unspecified atom stereocenters. The van der Waals surface area contributed by atoms with Crippen LogP contribution in [-0.2, 0) is 13.0 Å². The van der Waals surface area contributed by atoms with Gasteiger partial charge in [0.05, 0.1) is 18.3 Å². The van der Waals surface area contributed by atoms with Gasteiger partial charge in [0, 0.05) is 18.0 Å². The Kier molecular flexibility index (Phi) is 3.69. The third-order valence-corrected chi connectivity index (χ3v) is 4.48. The Labute approximate surface area is 134 Å². The molecule has 120 valence electrons. The van der Waals surface area contributed by atoms with Gasteiger partial charge in [0.2, 0.25) is 0 Å². The molecule has 0 saturated heterocycles. The van der Waals surface area contributed by atoms with Crippen molar-refractivity contribution in [3.8, 4) is 0 Å². The molecule has 0 spiro atoms. The lowest BCUT2D eigenvalue weighted by Crippen LogP contribution is -2.09. The molecule has 7 heteroatoms. The second-order valence-corrected chi connectivity index (χ2v) is 6.04. The molecular weight excluding hydrogens is 290 g/mol. The molecule has 3 heterocycles. The fourth-order valence-electron chi connectivity index (χ4n) is 3.19. The van der Waals surface area contributed by atoms with E-state index in [1.807, 2.05) is 6.07 Å². The number of nitrogens with zero attached hydrogens (tertiary/aromatic N) is 6. The van der Waals surface area contributed by atoms with Crippen molar-refractivity contribution in [1.82, 2.24) is 29.4 Å². The van der Waals surface area contributed by atoms with Crippen molar-refractivity contribution in [2.75, 3.05) is 5.32 Å². The van der Waals surface area contributed by atoms with E-state index in [2.05, 4.69) is 44.3 Å². The lowest BCUT2D eigenvalue weighted by atomic mass is 10.3. The van der Waals surface area contributed by atoms with Crippen molar-refractivity contribution >= 4 is 11.6 Å². The van der Waals surface area contributed by atoms with Crippen molar-refractivity contribution in [2.45, 2.75) is 51.6 Å². The first-order valence-electron chi connectivity index (χ1n) is 8.31. The molecule has 1 saturated carbocycles. The SMILES string of the molecule is CCc1cc(NCc2ccn(C3CCCC3)n2)n2ncnc2n1. The predicted octanol–water partition coefficient (Wildman–Crippen LogP) is 2.61. The number of anilines is 1. The van der Waals surface area contributed by atoms with E-state index in [4.69, 9.17) is 5.10 Å².